The third-order valence-corrected chi connectivity index (χ3v) is 7.46. The summed E-state index contributed by atoms with van der Waals surface area (Å²) >= 11 is 1.58. The smallest absolute Gasteiger partial charge is 0.326 e. The van der Waals surface area contributed by atoms with Gasteiger partial charge in [0.15, 0.2) is 0 Å². The number of amides is 4. The van der Waals surface area contributed by atoms with Crippen LogP contribution < -0.4 is 22.1 Å². The van der Waals surface area contributed by atoms with Crippen LogP contribution in [0, 0.1) is 0 Å². The minimum Gasteiger partial charge on any atom is -0.480 e. The number of hydrogen-bond acceptors (Lipinski definition) is 7. The van der Waals surface area contributed by atoms with Gasteiger partial charge in [-0.2, -0.15) is 11.8 Å². The summed E-state index contributed by atoms with van der Waals surface area (Å²) in [5.74, 6) is -2.85. The van der Waals surface area contributed by atoms with Gasteiger partial charge in [0.1, 0.15) is 18.1 Å². The largest absolute Gasteiger partial charge is 0.480 e. The van der Waals surface area contributed by atoms with Crippen LogP contribution in [0.2, 0.25) is 0 Å². The fourth-order valence-electron chi connectivity index (χ4n) is 4.70. The van der Waals surface area contributed by atoms with Crippen LogP contribution in [0.4, 0.5) is 0 Å². The van der Waals surface area contributed by atoms with Gasteiger partial charge in [0.2, 0.25) is 23.6 Å². The number of aliphatic carboxylic acids is 1. The first kappa shape index (κ1) is 30.0. The molecule has 0 aliphatic carbocycles. The van der Waals surface area contributed by atoms with Crippen molar-refractivity contribution in [1.82, 2.24) is 20.5 Å². The number of nitrogens with zero attached hydrogens (tertiary/aromatic N) is 1. The number of fused-ring (bicyclic) bond motifs is 1. The number of para-hydroxylation sites is 1. The molecule has 1 aliphatic heterocycles. The summed E-state index contributed by atoms with van der Waals surface area (Å²) in [4.78, 5) is 67.2. The number of aromatic nitrogens is 1. The zero-order valence-corrected chi connectivity index (χ0v) is 22.7. The molecule has 1 aromatic heterocycles. The van der Waals surface area contributed by atoms with Crippen LogP contribution in [-0.2, 0) is 30.4 Å². The van der Waals surface area contributed by atoms with E-state index in [1.807, 2.05) is 30.5 Å². The van der Waals surface area contributed by atoms with Crippen molar-refractivity contribution in [1.29, 1.82) is 0 Å². The highest BCUT2D eigenvalue weighted by molar-refractivity contribution is 7.98. The van der Waals surface area contributed by atoms with E-state index in [2.05, 4.69) is 15.6 Å². The molecule has 8 N–H and O–H groups in total. The summed E-state index contributed by atoms with van der Waals surface area (Å²) in [7, 11) is 0. The number of likely N-dealkylation sites (tertiary alicyclic amines) is 1. The molecule has 1 saturated heterocycles. The number of primary amides is 1. The van der Waals surface area contributed by atoms with E-state index in [0.29, 0.717) is 31.6 Å². The molecular weight excluding hydrogens is 524 g/mol. The van der Waals surface area contributed by atoms with E-state index >= 15 is 0 Å². The van der Waals surface area contributed by atoms with E-state index in [4.69, 9.17) is 11.5 Å². The molecule has 1 aliphatic rings. The van der Waals surface area contributed by atoms with Gasteiger partial charge in [-0.05, 0) is 49.3 Å². The van der Waals surface area contributed by atoms with Crippen molar-refractivity contribution in [2.45, 2.75) is 62.7 Å². The number of benzene rings is 1. The lowest BCUT2D eigenvalue weighted by Crippen LogP contribution is -2.57. The summed E-state index contributed by atoms with van der Waals surface area (Å²) in [5, 5.41) is 15.6. The van der Waals surface area contributed by atoms with E-state index in [-0.39, 0.29) is 25.2 Å². The fourth-order valence-corrected chi connectivity index (χ4v) is 5.19. The highest BCUT2D eigenvalue weighted by atomic mass is 32.2. The Kier molecular flexibility index (Phi) is 10.8. The van der Waals surface area contributed by atoms with Gasteiger partial charge in [0.25, 0.3) is 0 Å². The first-order valence-corrected chi connectivity index (χ1v) is 14.2. The third kappa shape index (κ3) is 7.96. The molecule has 0 radical (unpaired) electrons. The van der Waals surface area contributed by atoms with E-state index < -0.39 is 47.9 Å². The van der Waals surface area contributed by atoms with Gasteiger partial charge < -0.3 is 37.1 Å². The van der Waals surface area contributed by atoms with Crippen molar-refractivity contribution < 1.29 is 29.1 Å². The molecule has 2 aromatic rings. The van der Waals surface area contributed by atoms with Crippen LogP contribution in [-0.4, -0.2) is 87.3 Å². The van der Waals surface area contributed by atoms with E-state index in [0.717, 1.165) is 16.5 Å². The minimum absolute atomic E-state index is 0.0671. The molecule has 4 unspecified atom stereocenters. The monoisotopic (exact) mass is 560 g/mol. The maximum Gasteiger partial charge on any atom is 0.326 e. The molecule has 2 heterocycles. The first-order chi connectivity index (χ1) is 18.6. The fraction of sp³-hybridized carbons (Fsp3) is 0.500. The summed E-state index contributed by atoms with van der Waals surface area (Å²) in [6.45, 7) is 0.386. The van der Waals surface area contributed by atoms with Gasteiger partial charge >= 0.3 is 5.97 Å². The standard InChI is InChI=1S/C26H36N6O6S/c1-39-12-10-17(27)25(36)32-11-4-7-21(32)24(35)31-20(13-15-14-29-18-6-3-2-5-16(15)18)23(34)30-19(26(37)38)8-9-22(28)33/h2-3,5-6,14,17,19-21,29H,4,7-13,27H2,1H3,(H2,28,33)(H,30,34)(H,31,35)(H,37,38). The second-order valence-electron chi connectivity index (χ2n) is 9.61. The minimum atomic E-state index is -1.37. The van der Waals surface area contributed by atoms with Crippen LogP contribution >= 0.6 is 11.8 Å². The topological polar surface area (TPSA) is 201 Å². The number of carboxylic acid groups (broad SMARTS) is 1. The number of carbonyl (C=O) groups excluding carboxylic acids is 4. The number of H-pyrrole nitrogens is 1. The lowest BCUT2D eigenvalue weighted by atomic mass is 10.0. The highest BCUT2D eigenvalue weighted by Gasteiger charge is 2.38. The van der Waals surface area contributed by atoms with Gasteiger partial charge in [0.05, 0.1) is 6.04 Å². The number of nitrogens with two attached hydrogens (primary N) is 2. The molecule has 13 heteroatoms. The Morgan fingerprint density at radius 1 is 1.15 bits per heavy atom. The number of nitrogens with one attached hydrogen (secondary N) is 3. The van der Waals surface area contributed by atoms with Crippen molar-refractivity contribution in [2.75, 3.05) is 18.6 Å². The van der Waals surface area contributed by atoms with Gasteiger partial charge in [-0.1, -0.05) is 18.2 Å². The van der Waals surface area contributed by atoms with Crippen molar-refractivity contribution >= 4 is 52.3 Å². The van der Waals surface area contributed by atoms with Gasteiger partial charge in [-0.15, -0.1) is 0 Å². The molecule has 0 bridgehead atoms. The Bertz CT molecular complexity index is 1200. The predicted octanol–water partition coefficient (Wildman–Crippen LogP) is 0.102. The normalized spacial score (nSPS) is 17.4. The summed E-state index contributed by atoms with van der Waals surface area (Å²) in [6, 6.07) is 3.43. The Hall–Kier alpha value is -3.58. The van der Waals surface area contributed by atoms with E-state index in [9.17, 15) is 29.1 Å². The molecule has 212 valence electrons. The second-order valence-corrected chi connectivity index (χ2v) is 10.6. The number of hydrogen-bond donors (Lipinski definition) is 6. The van der Waals surface area contributed by atoms with Crippen molar-refractivity contribution in [2.24, 2.45) is 11.5 Å². The van der Waals surface area contributed by atoms with Crippen molar-refractivity contribution in [3.05, 3.63) is 36.0 Å². The summed E-state index contributed by atoms with van der Waals surface area (Å²) in [6.07, 6.45) is 4.82. The molecule has 39 heavy (non-hydrogen) atoms. The molecule has 0 spiro atoms. The average Bonchev–Trinajstić information content (AvgIpc) is 3.56. The number of carbonyl (C=O) groups is 5. The zero-order valence-electron chi connectivity index (χ0n) is 21.9. The quantitative estimate of drug-likeness (QED) is 0.187. The number of rotatable bonds is 14. The first-order valence-electron chi connectivity index (χ1n) is 12.8. The Labute approximate surface area is 230 Å². The third-order valence-electron chi connectivity index (χ3n) is 6.81. The van der Waals surface area contributed by atoms with Crippen molar-refractivity contribution in [3.8, 4) is 0 Å². The number of carboxylic acids is 1. The van der Waals surface area contributed by atoms with Crippen LogP contribution in [0.15, 0.2) is 30.5 Å². The molecule has 4 atom stereocenters. The Morgan fingerprint density at radius 3 is 2.59 bits per heavy atom. The lowest BCUT2D eigenvalue weighted by Gasteiger charge is -2.28. The van der Waals surface area contributed by atoms with E-state index in [1.54, 1.807) is 18.0 Å². The van der Waals surface area contributed by atoms with Gasteiger partial charge in [-0.25, -0.2) is 4.79 Å². The van der Waals surface area contributed by atoms with Crippen LogP contribution in [0.25, 0.3) is 10.9 Å². The lowest BCUT2D eigenvalue weighted by molar-refractivity contribution is -0.143. The maximum atomic E-state index is 13.4. The Morgan fingerprint density at radius 2 is 1.90 bits per heavy atom. The molecular formula is C26H36N6O6S. The number of thioether (sulfide) groups is 1. The molecule has 1 fully saturated rings. The van der Waals surface area contributed by atoms with Gasteiger partial charge in [0, 0.05) is 36.5 Å². The van der Waals surface area contributed by atoms with Crippen LogP contribution in [0.1, 0.15) is 37.7 Å². The zero-order chi connectivity index (χ0) is 28.5. The molecule has 0 saturated carbocycles. The summed E-state index contributed by atoms with van der Waals surface area (Å²) in [5.41, 5.74) is 12.8. The predicted molar refractivity (Wildman–Crippen MR) is 148 cm³/mol. The molecule has 4 amide bonds. The summed E-state index contributed by atoms with van der Waals surface area (Å²) < 4.78 is 0. The SMILES string of the molecule is CSCCC(N)C(=O)N1CCCC1C(=O)NC(Cc1c[nH]c2ccccc12)C(=O)NC(CCC(N)=O)C(=O)O. The molecule has 3 rings (SSSR count). The Balaban J connectivity index is 1.81. The average molecular weight is 561 g/mol. The highest BCUT2D eigenvalue weighted by Crippen LogP contribution is 2.22. The van der Waals surface area contributed by atoms with Crippen molar-refractivity contribution in [3.63, 3.8) is 0 Å². The second kappa shape index (κ2) is 14.0. The number of aromatic amines is 1. The molecule has 12 nitrogen and oxygen atoms in total. The molecule has 1 aromatic carbocycles. The van der Waals surface area contributed by atoms with E-state index in [1.165, 1.54) is 4.90 Å². The maximum absolute atomic E-state index is 13.4. The van der Waals surface area contributed by atoms with Crippen LogP contribution in [0.5, 0.6) is 0 Å². The van der Waals surface area contributed by atoms with Crippen LogP contribution in [0.3, 0.4) is 0 Å². The van der Waals surface area contributed by atoms with Gasteiger partial charge in [-0.3, -0.25) is 19.2 Å².